The molecule has 0 heterocycles. The Bertz CT molecular complexity index is 484. The van der Waals surface area contributed by atoms with E-state index in [9.17, 15) is 0 Å². The molecule has 4 atom stereocenters. The van der Waals surface area contributed by atoms with Crippen LogP contribution in [0.2, 0.25) is 0 Å². The van der Waals surface area contributed by atoms with Crippen molar-refractivity contribution in [3.05, 3.63) is 47.0 Å². The minimum Gasteiger partial charge on any atom is -0.321 e. The fourth-order valence-corrected chi connectivity index (χ4v) is 3.93. The number of nitrogens with two attached hydrogens (primary N) is 1. The zero-order chi connectivity index (χ0) is 12.2. The average Bonchev–Trinajstić information content (AvgIpc) is 2.49. The first-order chi connectivity index (χ1) is 8.01. The summed E-state index contributed by atoms with van der Waals surface area (Å²) in [6.07, 6.45) is 5.87. The Morgan fingerprint density at radius 1 is 1.35 bits per heavy atom. The van der Waals surface area contributed by atoms with E-state index in [1.54, 1.807) is 0 Å². The zero-order valence-electron chi connectivity index (χ0n) is 10.9. The number of hydrogen-bond donors (Lipinski definition) is 1. The van der Waals surface area contributed by atoms with E-state index in [-0.39, 0.29) is 5.54 Å². The van der Waals surface area contributed by atoms with Gasteiger partial charge in [0.15, 0.2) is 0 Å². The summed E-state index contributed by atoms with van der Waals surface area (Å²) >= 11 is 0. The highest BCUT2D eigenvalue weighted by molar-refractivity contribution is 5.48. The van der Waals surface area contributed by atoms with Crippen molar-refractivity contribution in [3.8, 4) is 0 Å². The van der Waals surface area contributed by atoms with Crippen LogP contribution < -0.4 is 5.73 Å². The molecule has 0 bridgehead atoms. The summed E-state index contributed by atoms with van der Waals surface area (Å²) in [5.74, 6) is 1.77. The molecule has 2 aliphatic rings. The summed E-state index contributed by atoms with van der Waals surface area (Å²) in [4.78, 5) is 0. The second-order valence-electron chi connectivity index (χ2n) is 6.07. The van der Waals surface area contributed by atoms with Crippen molar-refractivity contribution in [1.82, 2.24) is 0 Å². The Balaban J connectivity index is 2.21. The molecule has 0 amide bonds. The molecule has 0 saturated heterocycles. The highest BCUT2D eigenvalue weighted by Crippen LogP contribution is 2.54. The van der Waals surface area contributed by atoms with Gasteiger partial charge in [0, 0.05) is 11.5 Å². The second kappa shape index (κ2) is 3.46. The van der Waals surface area contributed by atoms with Crippen molar-refractivity contribution in [2.75, 3.05) is 0 Å². The predicted octanol–water partition coefficient (Wildman–Crippen LogP) is 3.48. The lowest BCUT2D eigenvalue weighted by Crippen LogP contribution is -2.42. The number of aryl methyl sites for hydroxylation is 1. The average molecular weight is 227 g/mol. The monoisotopic (exact) mass is 227 g/mol. The largest absolute Gasteiger partial charge is 0.321 e. The molecular formula is C16H21N. The quantitative estimate of drug-likeness (QED) is 0.675. The van der Waals surface area contributed by atoms with Crippen LogP contribution in [0.1, 0.15) is 42.9 Å². The van der Waals surface area contributed by atoms with Crippen LogP contribution in [0.4, 0.5) is 0 Å². The van der Waals surface area contributed by atoms with Crippen molar-refractivity contribution >= 4 is 0 Å². The molecule has 17 heavy (non-hydrogen) atoms. The van der Waals surface area contributed by atoms with Gasteiger partial charge in [-0.2, -0.15) is 0 Å². The van der Waals surface area contributed by atoms with Crippen LogP contribution >= 0.6 is 0 Å². The predicted molar refractivity (Wildman–Crippen MR) is 71.9 cm³/mol. The zero-order valence-corrected chi connectivity index (χ0v) is 10.9. The fraction of sp³-hybridized carbons (Fsp3) is 0.500. The first kappa shape index (κ1) is 11.0. The van der Waals surface area contributed by atoms with Crippen LogP contribution in [0, 0.1) is 18.8 Å². The summed E-state index contributed by atoms with van der Waals surface area (Å²) in [5.41, 5.74) is 10.6. The number of rotatable bonds is 0. The van der Waals surface area contributed by atoms with Crippen LogP contribution in [-0.4, -0.2) is 0 Å². The summed E-state index contributed by atoms with van der Waals surface area (Å²) in [6, 6.07) is 6.78. The molecule has 0 spiro atoms. The summed E-state index contributed by atoms with van der Waals surface area (Å²) in [5, 5.41) is 0. The van der Waals surface area contributed by atoms with Crippen molar-refractivity contribution in [1.29, 1.82) is 0 Å². The first-order valence-corrected chi connectivity index (χ1v) is 6.58. The van der Waals surface area contributed by atoms with Gasteiger partial charge in [0.05, 0.1) is 0 Å². The maximum Gasteiger partial charge on any atom is 0.0424 e. The molecule has 0 saturated carbocycles. The molecule has 2 aliphatic carbocycles. The van der Waals surface area contributed by atoms with E-state index in [1.807, 2.05) is 0 Å². The molecule has 0 aliphatic heterocycles. The van der Waals surface area contributed by atoms with Crippen LogP contribution in [0.25, 0.3) is 0 Å². The minimum atomic E-state index is -0.170. The molecule has 3 unspecified atom stereocenters. The van der Waals surface area contributed by atoms with Gasteiger partial charge in [-0.15, -0.1) is 0 Å². The van der Waals surface area contributed by atoms with Gasteiger partial charge in [0.2, 0.25) is 0 Å². The van der Waals surface area contributed by atoms with Crippen molar-refractivity contribution < 1.29 is 0 Å². The minimum absolute atomic E-state index is 0.170. The van der Waals surface area contributed by atoms with Crippen LogP contribution in [0.5, 0.6) is 0 Å². The van der Waals surface area contributed by atoms with Gasteiger partial charge in [-0.25, -0.2) is 0 Å². The fourth-order valence-electron chi connectivity index (χ4n) is 3.93. The highest BCUT2D eigenvalue weighted by atomic mass is 14.8. The van der Waals surface area contributed by atoms with E-state index < -0.39 is 0 Å². The number of hydrogen-bond acceptors (Lipinski definition) is 1. The molecule has 1 aromatic carbocycles. The number of allylic oxidation sites excluding steroid dienone is 2. The Kier molecular flexibility index (Phi) is 2.24. The first-order valence-electron chi connectivity index (χ1n) is 6.58. The van der Waals surface area contributed by atoms with Crippen LogP contribution in [0.15, 0.2) is 30.4 Å². The highest BCUT2D eigenvalue weighted by Gasteiger charge is 2.48. The third-order valence-corrected chi connectivity index (χ3v) is 4.69. The van der Waals surface area contributed by atoms with Crippen LogP contribution in [0.3, 0.4) is 0 Å². The smallest absolute Gasteiger partial charge is 0.0424 e. The van der Waals surface area contributed by atoms with Crippen molar-refractivity contribution in [2.24, 2.45) is 17.6 Å². The van der Waals surface area contributed by atoms with Gasteiger partial charge in [0.1, 0.15) is 0 Å². The maximum absolute atomic E-state index is 6.67. The Morgan fingerprint density at radius 2 is 2.12 bits per heavy atom. The molecule has 2 N–H and O–H groups in total. The molecule has 1 aromatic rings. The van der Waals surface area contributed by atoms with Gasteiger partial charge in [0.25, 0.3) is 0 Å². The lowest BCUT2D eigenvalue weighted by atomic mass is 9.71. The van der Waals surface area contributed by atoms with Crippen molar-refractivity contribution in [3.63, 3.8) is 0 Å². The third-order valence-electron chi connectivity index (χ3n) is 4.69. The van der Waals surface area contributed by atoms with Gasteiger partial charge in [-0.1, -0.05) is 42.8 Å². The normalized spacial score (nSPS) is 38.9. The summed E-state index contributed by atoms with van der Waals surface area (Å²) in [7, 11) is 0. The Labute approximate surface area is 104 Å². The molecule has 0 fully saturated rings. The molecule has 0 aromatic heterocycles. The Hall–Kier alpha value is -1.08. The van der Waals surface area contributed by atoms with E-state index in [0.717, 1.165) is 0 Å². The van der Waals surface area contributed by atoms with E-state index >= 15 is 0 Å². The molecule has 3 rings (SSSR count). The third kappa shape index (κ3) is 1.42. The van der Waals surface area contributed by atoms with E-state index in [4.69, 9.17) is 5.73 Å². The SMILES string of the molecule is Cc1ccc2c(c1)[C@@](C)(N)C1C(C)CC=CC21. The summed E-state index contributed by atoms with van der Waals surface area (Å²) < 4.78 is 0. The van der Waals surface area contributed by atoms with Gasteiger partial charge in [-0.3, -0.25) is 0 Å². The number of benzene rings is 1. The Morgan fingerprint density at radius 3 is 2.88 bits per heavy atom. The molecule has 90 valence electrons. The van der Waals surface area contributed by atoms with Gasteiger partial charge in [-0.05, 0) is 43.2 Å². The number of fused-ring (bicyclic) bond motifs is 3. The summed E-state index contributed by atoms with van der Waals surface area (Å²) in [6.45, 7) is 6.70. The van der Waals surface area contributed by atoms with Crippen molar-refractivity contribution in [2.45, 2.75) is 38.6 Å². The molecule has 0 radical (unpaired) electrons. The standard InChI is InChI=1S/C16H21N/c1-10-7-8-12-13-6-4-5-11(2)15(13)16(3,17)14(12)9-10/h4,6-9,11,13,15H,5,17H2,1-3H3/t11?,13?,15?,16-/m1/s1. The topological polar surface area (TPSA) is 26.0 Å². The molecule has 1 nitrogen and oxygen atoms in total. The maximum atomic E-state index is 6.67. The van der Waals surface area contributed by atoms with E-state index in [0.29, 0.717) is 17.8 Å². The lowest BCUT2D eigenvalue weighted by molar-refractivity contribution is 0.212. The lowest BCUT2D eigenvalue weighted by Gasteiger charge is -2.37. The second-order valence-corrected chi connectivity index (χ2v) is 6.07. The van der Waals surface area contributed by atoms with Gasteiger partial charge < -0.3 is 5.73 Å². The van der Waals surface area contributed by atoms with E-state index in [2.05, 4.69) is 51.1 Å². The van der Waals surface area contributed by atoms with E-state index in [1.165, 1.54) is 23.1 Å². The van der Waals surface area contributed by atoms with Gasteiger partial charge >= 0.3 is 0 Å². The van der Waals surface area contributed by atoms with Crippen LogP contribution in [-0.2, 0) is 5.54 Å². The molecule has 1 heteroatoms. The molecular weight excluding hydrogens is 206 g/mol.